The predicted molar refractivity (Wildman–Crippen MR) is 217 cm³/mol. The summed E-state index contributed by atoms with van der Waals surface area (Å²) in [7, 11) is 0. The fourth-order valence-corrected chi connectivity index (χ4v) is 8.67. The van der Waals surface area contributed by atoms with Crippen LogP contribution in [0.5, 0.6) is 0 Å². The van der Waals surface area contributed by atoms with Crippen molar-refractivity contribution in [3.8, 4) is 11.1 Å². The first-order valence-electron chi connectivity index (χ1n) is 20.5. The van der Waals surface area contributed by atoms with E-state index < -0.39 is 53.1 Å². The van der Waals surface area contributed by atoms with Gasteiger partial charge in [-0.05, 0) is 93.2 Å². The van der Waals surface area contributed by atoms with Gasteiger partial charge in [-0.2, -0.15) is 0 Å². The van der Waals surface area contributed by atoms with E-state index in [1.54, 1.807) is 18.2 Å². The molecule has 0 spiro atoms. The minimum Gasteiger partial charge on any atom is -0.378 e. The Bertz CT molecular complexity index is 2560. The lowest BCUT2D eigenvalue weighted by atomic mass is 9.50. The van der Waals surface area contributed by atoms with Gasteiger partial charge in [0.15, 0.2) is 0 Å². The molecule has 0 radical (unpaired) electrons. The van der Waals surface area contributed by atoms with Gasteiger partial charge in [-0.15, -0.1) is 0 Å². The zero-order valence-corrected chi connectivity index (χ0v) is 32.9. The SMILES string of the molecule is O=C(CNc1cccc2c1C(=O)N(C1CCC(=O)NC1=O)C2=O)NCCCCNC(=O)c1ccc(-c2cc3c(NC45CC(C4)C5)c(C(=O)NC4CC4)cnc3cc2F)cc1F. The molecule has 6 aliphatic rings. The maximum Gasteiger partial charge on any atom is 0.264 e. The van der Waals surface area contributed by atoms with Crippen LogP contribution < -0.4 is 31.9 Å². The van der Waals surface area contributed by atoms with E-state index in [9.17, 15) is 33.6 Å². The highest BCUT2D eigenvalue weighted by molar-refractivity contribution is 6.25. The van der Waals surface area contributed by atoms with Crippen molar-refractivity contribution in [3.05, 3.63) is 88.6 Å². The van der Waals surface area contributed by atoms with Gasteiger partial charge < -0.3 is 26.6 Å². The Morgan fingerprint density at radius 2 is 1.61 bits per heavy atom. The van der Waals surface area contributed by atoms with Crippen molar-refractivity contribution < 1.29 is 42.3 Å². The summed E-state index contributed by atoms with van der Waals surface area (Å²) in [5.74, 6) is -4.63. The van der Waals surface area contributed by atoms with Crippen LogP contribution in [0.25, 0.3) is 22.0 Å². The average Bonchev–Trinajstić information content (AvgIpc) is 3.98. The van der Waals surface area contributed by atoms with Gasteiger partial charge in [0.25, 0.3) is 23.6 Å². The van der Waals surface area contributed by atoms with E-state index in [0.29, 0.717) is 40.9 Å². The smallest absolute Gasteiger partial charge is 0.264 e. The lowest BCUT2D eigenvalue weighted by molar-refractivity contribution is -0.136. The van der Waals surface area contributed by atoms with E-state index in [-0.39, 0.29) is 83.5 Å². The van der Waals surface area contributed by atoms with Crippen molar-refractivity contribution >= 4 is 63.6 Å². The summed E-state index contributed by atoms with van der Waals surface area (Å²) in [6.45, 7) is 0.219. The van der Waals surface area contributed by atoms with Gasteiger partial charge in [0.2, 0.25) is 17.7 Å². The second-order valence-electron chi connectivity index (χ2n) is 16.6. The Labute approximate surface area is 347 Å². The number of piperidine rings is 1. The van der Waals surface area contributed by atoms with Crippen LogP contribution in [0.2, 0.25) is 0 Å². The molecule has 2 bridgehead atoms. The molecule has 5 fully saturated rings. The minimum absolute atomic E-state index is 0.00536. The van der Waals surface area contributed by atoms with E-state index in [2.05, 4.69) is 36.9 Å². The number of hydrogen-bond donors (Lipinski definition) is 6. The summed E-state index contributed by atoms with van der Waals surface area (Å²) in [5.41, 5.74) is 1.70. The third-order valence-corrected chi connectivity index (χ3v) is 12.2. The van der Waals surface area contributed by atoms with E-state index in [1.807, 2.05) is 0 Å². The van der Waals surface area contributed by atoms with Crippen molar-refractivity contribution in [2.24, 2.45) is 5.92 Å². The molecule has 17 heteroatoms. The number of pyridine rings is 1. The van der Waals surface area contributed by atoms with Gasteiger partial charge >= 0.3 is 0 Å². The van der Waals surface area contributed by atoms with Crippen molar-refractivity contribution in [1.82, 2.24) is 31.2 Å². The summed E-state index contributed by atoms with van der Waals surface area (Å²) in [5, 5.41) is 17.6. The predicted octanol–water partition coefficient (Wildman–Crippen LogP) is 4.18. The van der Waals surface area contributed by atoms with Gasteiger partial charge in [-0.1, -0.05) is 12.1 Å². The molecule has 4 aromatic rings. The van der Waals surface area contributed by atoms with Gasteiger partial charge in [0, 0.05) is 60.0 Å². The molecule has 7 amide bonds. The third kappa shape index (κ3) is 7.64. The molecular weight excluding hydrogens is 791 g/mol. The number of nitrogens with zero attached hydrogens (tertiary/aromatic N) is 2. The van der Waals surface area contributed by atoms with Crippen LogP contribution in [-0.2, 0) is 14.4 Å². The monoisotopic (exact) mass is 832 g/mol. The van der Waals surface area contributed by atoms with Crippen LogP contribution in [-0.4, -0.2) is 88.5 Å². The van der Waals surface area contributed by atoms with Crippen molar-refractivity contribution in [2.45, 2.75) is 75.4 Å². The number of anilines is 2. The number of hydrogen-bond acceptors (Lipinski definition) is 10. The molecule has 3 aromatic carbocycles. The first kappa shape index (κ1) is 39.7. The fraction of sp³-hybridized carbons (Fsp3) is 0.364. The summed E-state index contributed by atoms with van der Waals surface area (Å²) in [6.07, 6.45) is 7.27. The maximum absolute atomic E-state index is 15.6. The second kappa shape index (κ2) is 15.7. The van der Waals surface area contributed by atoms with Crippen LogP contribution in [0, 0.1) is 17.6 Å². The lowest BCUT2D eigenvalue weighted by Gasteiger charge is -2.62. The topological polar surface area (TPSA) is 208 Å². The molecule has 4 saturated carbocycles. The number of carbonyl (C=O) groups excluding carboxylic acids is 7. The number of benzene rings is 3. The molecular formula is C44H42F2N8O7. The Morgan fingerprint density at radius 1 is 0.836 bits per heavy atom. The molecule has 15 nitrogen and oxygen atoms in total. The Balaban J connectivity index is 0.769. The van der Waals surface area contributed by atoms with Gasteiger partial charge in [0.05, 0.1) is 40.0 Å². The van der Waals surface area contributed by atoms with Crippen LogP contribution in [0.1, 0.15) is 99.2 Å². The van der Waals surface area contributed by atoms with E-state index in [1.165, 1.54) is 30.5 Å². The van der Waals surface area contributed by atoms with E-state index in [4.69, 9.17) is 0 Å². The molecule has 1 saturated heterocycles. The number of nitrogens with one attached hydrogen (secondary N) is 6. The Morgan fingerprint density at radius 3 is 2.31 bits per heavy atom. The molecule has 3 heterocycles. The maximum atomic E-state index is 15.6. The molecule has 1 aromatic heterocycles. The van der Waals surface area contributed by atoms with Crippen molar-refractivity contribution in [2.75, 3.05) is 30.3 Å². The van der Waals surface area contributed by atoms with Crippen LogP contribution in [0.3, 0.4) is 0 Å². The highest BCUT2D eigenvalue weighted by atomic mass is 19.1. The van der Waals surface area contributed by atoms with Crippen LogP contribution in [0.15, 0.2) is 54.7 Å². The van der Waals surface area contributed by atoms with E-state index >= 15 is 8.78 Å². The highest BCUT2D eigenvalue weighted by Crippen LogP contribution is 2.59. The molecule has 61 heavy (non-hydrogen) atoms. The first-order valence-corrected chi connectivity index (χ1v) is 20.5. The highest BCUT2D eigenvalue weighted by Gasteiger charge is 2.57. The fourth-order valence-electron chi connectivity index (χ4n) is 8.67. The van der Waals surface area contributed by atoms with Crippen molar-refractivity contribution in [1.29, 1.82) is 0 Å². The van der Waals surface area contributed by atoms with Crippen LogP contribution >= 0.6 is 0 Å². The molecule has 1 unspecified atom stereocenters. The Hall–Kier alpha value is -6.78. The van der Waals surface area contributed by atoms with Gasteiger partial charge in [-0.3, -0.25) is 48.8 Å². The number of amides is 7. The number of unbranched alkanes of at least 4 members (excludes halogenated alkanes) is 1. The Kier molecular flexibility index (Phi) is 10.2. The first-order chi connectivity index (χ1) is 29.4. The standard InChI is InChI=1S/C44H42F2N8O7/c45-30-14-23(27-15-28-33(16-31(27)46)49-20-29(40(58)51-24-7-8-24)38(28)53-44-17-22(18-44)19-44)6-9-25(30)39(57)48-13-2-1-12-47-36(56)21-50-32-5-3-4-26-37(32)43(61)54(42(26)60)34-10-11-35(55)52-41(34)59/h3-6,9,14-16,20,22,24,34,50H,1-2,7-8,10-13,17-19,21H2,(H,47,56)(H,48,57)(H,49,53)(H,51,58)(H,52,55,59). The molecule has 10 rings (SSSR count). The number of rotatable bonds is 15. The lowest BCUT2D eigenvalue weighted by Crippen LogP contribution is -2.63. The van der Waals surface area contributed by atoms with Gasteiger partial charge in [-0.25, -0.2) is 8.78 Å². The number of carbonyl (C=O) groups is 7. The summed E-state index contributed by atoms with van der Waals surface area (Å²) in [6, 6.07) is 10.3. The normalized spacial score (nSPS) is 21.2. The molecule has 2 aliphatic heterocycles. The second-order valence-corrected chi connectivity index (χ2v) is 16.6. The number of aromatic nitrogens is 1. The van der Waals surface area contributed by atoms with E-state index in [0.717, 1.165) is 43.1 Å². The average molecular weight is 833 g/mol. The zero-order chi connectivity index (χ0) is 42.6. The quantitative estimate of drug-likeness (QED) is 0.0745. The molecule has 6 N–H and O–H groups in total. The molecule has 4 aliphatic carbocycles. The van der Waals surface area contributed by atoms with Crippen LogP contribution in [0.4, 0.5) is 20.2 Å². The largest absolute Gasteiger partial charge is 0.378 e. The third-order valence-electron chi connectivity index (χ3n) is 12.2. The van der Waals surface area contributed by atoms with Gasteiger partial charge in [0.1, 0.15) is 17.7 Å². The number of halogens is 2. The van der Waals surface area contributed by atoms with Crippen molar-refractivity contribution in [3.63, 3.8) is 0 Å². The minimum atomic E-state index is -1.11. The number of imide groups is 2. The number of fused-ring (bicyclic) bond motifs is 2. The molecule has 314 valence electrons. The summed E-state index contributed by atoms with van der Waals surface area (Å²) >= 11 is 0. The summed E-state index contributed by atoms with van der Waals surface area (Å²) in [4.78, 5) is 94.4. The molecule has 1 atom stereocenters. The summed E-state index contributed by atoms with van der Waals surface area (Å²) < 4.78 is 31.1. The zero-order valence-electron chi connectivity index (χ0n) is 32.9.